The molecule has 0 bridgehead atoms. The van der Waals surface area contributed by atoms with Crippen molar-refractivity contribution in [3.63, 3.8) is 0 Å². The fourth-order valence-electron chi connectivity index (χ4n) is 4.45. The van der Waals surface area contributed by atoms with Crippen molar-refractivity contribution < 1.29 is 8.42 Å². The Bertz CT molecular complexity index is 1360. The largest absolute Gasteiger partial charge is 0.244 e. The van der Waals surface area contributed by atoms with E-state index in [-0.39, 0.29) is 11.5 Å². The van der Waals surface area contributed by atoms with Gasteiger partial charge in [0.05, 0.1) is 4.90 Å². The van der Waals surface area contributed by atoms with Crippen molar-refractivity contribution in [1.82, 2.24) is 4.31 Å². The Kier molecular flexibility index (Phi) is 7.47. The lowest BCUT2D eigenvalue weighted by Crippen LogP contribution is -2.46. The van der Waals surface area contributed by atoms with Crippen LogP contribution in [-0.4, -0.2) is 25.3 Å². The number of rotatable bonds is 7. The lowest BCUT2D eigenvalue weighted by atomic mass is 9.88. The van der Waals surface area contributed by atoms with Crippen LogP contribution in [0.15, 0.2) is 102 Å². The van der Waals surface area contributed by atoms with Crippen LogP contribution in [0.1, 0.15) is 34.6 Å². The van der Waals surface area contributed by atoms with Crippen molar-refractivity contribution in [1.29, 1.82) is 0 Å². The van der Waals surface area contributed by atoms with Crippen LogP contribution in [0.5, 0.6) is 0 Å². The van der Waals surface area contributed by atoms with E-state index >= 15 is 0 Å². The minimum absolute atomic E-state index is 0.156. The number of sulfonamides is 1. The molecule has 0 N–H and O–H groups in total. The summed E-state index contributed by atoms with van der Waals surface area (Å²) >= 11 is 0. The van der Waals surface area contributed by atoms with Gasteiger partial charge in [0, 0.05) is 17.9 Å². The molecule has 1 atom stereocenters. The fraction of sp³-hybridized carbons (Fsp3) is 0.267. The molecule has 4 rings (SSSR count). The van der Waals surface area contributed by atoms with E-state index in [2.05, 4.69) is 57.2 Å². The second-order valence-corrected chi connectivity index (χ2v) is 13.9. The smallest absolute Gasteiger partial charge is 0.207 e. The maximum absolute atomic E-state index is 14.4. The molecule has 3 nitrogen and oxygen atoms in total. The molecular weight excluding hydrogens is 469 g/mol. The zero-order valence-electron chi connectivity index (χ0n) is 21.1. The van der Waals surface area contributed by atoms with Gasteiger partial charge in [-0.15, -0.1) is 0 Å². The molecule has 0 aliphatic rings. The molecular formula is C30H34NO2PS. The van der Waals surface area contributed by atoms with Gasteiger partial charge in [0.15, 0.2) is 0 Å². The molecule has 0 fully saturated rings. The molecule has 0 radical (unpaired) electrons. The molecule has 182 valence electrons. The van der Waals surface area contributed by atoms with Gasteiger partial charge in [0.25, 0.3) is 0 Å². The molecule has 0 aliphatic heterocycles. The van der Waals surface area contributed by atoms with Gasteiger partial charge in [0.2, 0.25) is 10.0 Å². The maximum Gasteiger partial charge on any atom is 0.244 e. The molecule has 0 amide bonds. The molecule has 0 unspecified atom stereocenters. The third kappa shape index (κ3) is 5.07. The van der Waals surface area contributed by atoms with Crippen molar-refractivity contribution in [3.8, 4) is 0 Å². The molecule has 5 heteroatoms. The Morgan fingerprint density at radius 1 is 0.771 bits per heavy atom. The van der Waals surface area contributed by atoms with Crippen molar-refractivity contribution in [2.24, 2.45) is 5.41 Å². The highest BCUT2D eigenvalue weighted by Crippen LogP contribution is 2.40. The molecule has 4 aromatic carbocycles. The first kappa shape index (κ1) is 25.6. The topological polar surface area (TPSA) is 37.4 Å². The lowest BCUT2D eigenvalue weighted by molar-refractivity contribution is 0.198. The van der Waals surface area contributed by atoms with E-state index in [0.717, 1.165) is 26.7 Å². The first-order valence-corrected chi connectivity index (χ1v) is 14.9. The third-order valence-corrected chi connectivity index (χ3v) is 11.5. The van der Waals surface area contributed by atoms with Gasteiger partial charge >= 0.3 is 0 Å². The average Bonchev–Trinajstić information content (AvgIpc) is 2.85. The lowest BCUT2D eigenvalue weighted by Gasteiger charge is -2.37. The highest BCUT2D eigenvalue weighted by atomic mass is 32.2. The molecule has 0 heterocycles. The zero-order chi connectivity index (χ0) is 25.2. The zero-order valence-corrected chi connectivity index (χ0v) is 22.9. The Labute approximate surface area is 211 Å². The standard InChI is InChI=1S/C30H34NO2PS/c1-6-31(23(2)30(3,4)5)35(32,33)28-22-21-24-15-13-14-20-27(24)29(28)34(25-16-9-7-10-17-25)26-18-11-8-12-19-26/h7-23H,6H2,1-5H3/t23-/m0/s1. The summed E-state index contributed by atoms with van der Waals surface area (Å²) in [5.41, 5.74) is -0.191. The highest BCUT2D eigenvalue weighted by Gasteiger charge is 2.37. The van der Waals surface area contributed by atoms with Crippen LogP contribution in [0, 0.1) is 5.41 Å². The summed E-state index contributed by atoms with van der Waals surface area (Å²) in [7, 11) is -4.88. The van der Waals surface area contributed by atoms with Crippen molar-refractivity contribution in [2.75, 3.05) is 6.54 Å². The Hall–Kier alpha value is -2.52. The second-order valence-electron chi connectivity index (χ2n) is 9.89. The quantitative estimate of drug-likeness (QED) is 0.288. The molecule has 0 aromatic heterocycles. The summed E-state index contributed by atoms with van der Waals surface area (Å²) in [5.74, 6) is 0. The van der Waals surface area contributed by atoms with Gasteiger partial charge < -0.3 is 0 Å². The predicted octanol–water partition coefficient (Wildman–Crippen LogP) is 6.04. The van der Waals surface area contributed by atoms with Crippen LogP contribution in [0.4, 0.5) is 0 Å². The van der Waals surface area contributed by atoms with E-state index in [1.807, 2.05) is 74.5 Å². The van der Waals surface area contributed by atoms with Crippen LogP contribution < -0.4 is 15.9 Å². The molecule has 35 heavy (non-hydrogen) atoms. The third-order valence-electron chi connectivity index (χ3n) is 6.70. The monoisotopic (exact) mass is 503 g/mol. The number of fused-ring (bicyclic) bond motifs is 1. The summed E-state index contributed by atoms with van der Waals surface area (Å²) in [6, 6.07) is 32.4. The van der Waals surface area contributed by atoms with E-state index in [9.17, 15) is 8.42 Å². The van der Waals surface area contributed by atoms with Crippen molar-refractivity contribution >= 4 is 44.6 Å². The minimum atomic E-state index is -3.77. The van der Waals surface area contributed by atoms with Gasteiger partial charge in [-0.1, -0.05) is 119 Å². The number of nitrogens with zero attached hydrogens (tertiary/aromatic N) is 1. The predicted molar refractivity (Wildman–Crippen MR) is 151 cm³/mol. The summed E-state index contributed by atoms with van der Waals surface area (Å²) in [6.45, 7) is 10.6. The van der Waals surface area contributed by atoms with E-state index in [1.165, 1.54) is 0 Å². The Morgan fingerprint density at radius 2 is 1.29 bits per heavy atom. The van der Waals surface area contributed by atoms with Gasteiger partial charge in [-0.05, 0) is 47.7 Å². The summed E-state index contributed by atoms with van der Waals surface area (Å²) in [6.07, 6.45) is 0. The molecule has 0 spiro atoms. The van der Waals surface area contributed by atoms with Gasteiger partial charge in [-0.2, -0.15) is 4.31 Å². The number of benzene rings is 4. The van der Waals surface area contributed by atoms with E-state index < -0.39 is 17.9 Å². The number of hydrogen-bond donors (Lipinski definition) is 0. The second kappa shape index (κ2) is 10.2. The van der Waals surface area contributed by atoms with E-state index in [4.69, 9.17) is 0 Å². The Morgan fingerprint density at radius 3 is 1.80 bits per heavy atom. The first-order chi connectivity index (χ1) is 16.7. The van der Waals surface area contributed by atoms with Crippen LogP contribution in [0.3, 0.4) is 0 Å². The fourth-order valence-corrected chi connectivity index (χ4v) is 9.48. The van der Waals surface area contributed by atoms with Crippen molar-refractivity contribution in [3.05, 3.63) is 97.1 Å². The van der Waals surface area contributed by atoms with Crippen LogP contribution in [0.2, 0.25) is 0 Å². The van der Waals surface area contributed by atoms with Crippen LogP contribution in [0.25, 0.3) is 10.8 Å². The molecule has 0 saturated heterocycles. The normalized spacial score (nSPS) is 13.5. The maximum atomic E-state index is 14.4. The molecule has 4 aromatic rings. The van der Waals surface area contributed by atoms with Crippen LogP contribution >= 0.6 is 7.92 Å². The number of hydrogen-bond acceptors (Lipinski definition) is 2. The summed E-state index contributed by atoms with van der Waals surface area (Å²) < 4.78 is 30.5. The average molecular weight is 504 g/mol. The first-order valence-electron chi connectivity index (χ1n) is 12.1. The molecule has 0 aliphatic carbocycles. The Balaban J connectivity index is 2.07. The van der Waals surface area contributed by atoms with Crippen LogP contribution in [-0.2, 0) is 10.0 Å². The van der Waals surface area contributed by atoms with E-state index in [1.54, 1.807) is 4.31 Å². The van der Waals surface area contributed by atoms with Gasteiger partial charge in [-0.3, -0.25) is 0 Å². The highest BCUT2D eigenvalue weighted by molar-refractivity contribution is 7.91. The van der Waals surface area contributed by atoms with Gasteiger partial charge in [-0.25, -0.2) is 8.42 Å². The van der Waals surface area contributed by atoms with Gasteiger partial charge in [0.1, 0.15) is 0 Å². The van der Waals surface area contributed by atoms with Crippen molar-refractivity contribution in [2.45, 2.75) is 45.6 Å². The molecule has 0 saturated carbocycles. The minimum Gasteiger partial charge on any atom is -0.207 e. The van der Waals surface area contributed by atoms with E-state index in [0.29, 0.717) is 11.4 Å². The summed E-state index contributed by atoms with van der Waals surface area (Å²) in [5, 5.41) is 5.21. The summed E-state index contributed by atoms with van der Waals surface area (Å²) in [4.78, 5) is 0.410. The SMILES string of the molecule is CCN([C@@H](C)C(C)(C)C)S(=O)(=O)c1ccc2ccccc2c1P(c1ccccc1)c1ccccc1.